The zero-order valence-electron chi connectivity index (χ0n) is 12.2. The molecular weight excluding hydrogens is 428 g/mol. The second-order valence-electron chi connectivity index (χ2n) is 4.70. The van der Waals surface area contributed by atoms with Crippen LogP contribution in [-0.4, -0.2) is 23.8 Å². The van der Waals surface area contributed by atoms with Crippen molar-refractivity contribution in [3.8, 4) is 11.5 Å². The monoisotopic (exact) mass is 440 g/mol. The minimum atomic E-state index is -0.392. The van der Waals surface area contributed by atoms with Gasteiger partial charge in [0.15, 0.2) is 6.61 Å². The summed E-state index contributed by atoms with van der Waals surface area (Å²) in [5.74, 6) is 0.290. The van der Waals surface area contributed by atoms with Crippen molar-refractivity contribution in [2.45, 2.75) is 6.92 Å². The number of hydrogen-bond donors (Lipinski definition) is 2. The topological polar surface area (TPSA) is 70.9 Å². The zero-order valence-corrected chi connectivity index (χ0v) is 15.4. The molecule has 0 bridgehead atoms. The van der Waals surface area contributed by atoms with E-state index in [9.17, 15) is 9.90 Å². The molecule has 1 amide bonds. The molecule has 0 aliphatic carbocycles. The number of phenolic OH excluding ortho intramolecular Hbond substituents is 1. The maximum Gasteiger partial charge on any atom is 0.277 e. The lowest BCUT2D eigenvalue weighted by Crippen LogP contribution is -2.24. The second-order valence-corrected chi connectivity index (χ2v) is 6.47. The summed E-state index contributed by atoms with van der Waals surface area (Å²) < 4.78 is 7.17. The Hall–Kier alpha value is -1.86. The van der Waals surface area contributed by atoms with Gasteiger partial charge in [-0.2, -0.15) is 5.10 Å². The number of nitrogens with one attached hydrogen (secondary N) is 1. The van der Waals surface area contributed by atoms with Gasteiger partial charge in [-0.1, -0.05) is 31.9 Å². The molecule has 0 aliphatic rings. The molecule has 0 aliphatic heterocycles. The van der Waals surface area contributed by atoms with Crippen LogP contribution in [0.3, 0.4) is 0 Å². The van der Waals surface area contributed by atoms with E-state index >= 15 is 0 Å². The summed E-state index contributed by atoms with van der Waals surface area (Å²) in [5.41, 5.74) is 3.85. The number of carbonyl (C=O) groups excluding carboxylic acids is 1. The van der Waals surface area contributed by atoms with Gasteiger partial charge in [0.25, 0.3) is 5.91 Å². The molecule has 0 radical (unpaired) electrons. The fourth-order valence-corrected chi connectivity index (χ4v) is 2.32. The van der Waals surface area contributed by atoms with Crippen LogP contribution in [0.4, 0.5) is 0 Å². The first kappa shape index (κ1) is 17.5. The molecule has 7 heteroatoms. The number of phenols is 1. The molecular formula is C16H14Br2N2O3. The van der Waals surface area contributed by atoms with Gasteiger partial charge in [-0.25, -0.2) is 5.43 Å². The first-order chi connectivity index (χ1) is 11.0. The Labute approximate surface area is 150 Å². The van der Waals surface area contributed by atoms with E-state index in [1.165, 1.54) is 12.3 Å². The third-order valence-corrected chi connectivity index (χ3v) is 4.26. The van der Waals surface area contributed by atoms with Crippen LogP contribution in [0, 0.1) is 6.92 Å². The summed E-state index contributed by atoms with van der Waals surface area (Å²) >= 11 is 6.69. The molecule has 2 aromatic carbocycles. The van der Waals surface area contributed by atoms with Crippen molar-refractivity contribution >= 4 is 44.0 Å². The third kappa shape index (κ3) is 5.37. The number of ether oxygens (including phenoxy) is 1. The number of nitrogens with zero attached hydrogens (tertiary/aromatic N) is 1. The molecule has 120 valence electrons. The van der Waals surface area contributed by atoms with E-state index in [0.29, 0.717) is 11.3 Å². The number of aryl methyl sites for hydroxylation is 1. The fourth-order valence-electron chi connectivity index (χ4n) is 1.69. The van der Waals surface area contributed by atoms with E-state index in [1.807, 2.05) is 19.1 Å². The molecule has 5 nitrogen and oxygen atoms in total. The molecule has 23 heavy (non-hydrogen) atoms. The molecule has 0 heterocycles. The van der Waals surface area contributed by atoms with Crippen molar-refractivity contribution in [1.82, 2.24) is 5.43 Å². The molecule has 0 saturated heterocycles. The lowest BCUT2D eigenvalue weighted by atomic mass is 10.2. The molecule has 0 spiro atoms. The van der Waals surface area contributed by atoms with Crippen LogP contribution >= 0.6 is 31.9 Å². The molecule has 0 atom stereocenters. The predicted molar refractivity (Wildman–Crippen MR) is 95.9 cm³/mol. The van der Waals surface area contributed by atoms with Gasteiger partial charge in [0, 0.05) is 14.5 Å². The van der Waals surface area contributed by atoms with Gasteiger partial charge in [-0.15, -0.1) is 0 Å². The van der Waals surface area contributed by atoms with Crippen molar-refractivity contribution in [1.29, 1.82) is 0 Å². The Bertz CT molecular complexity index is 748. The standard InChI is InChI=1S/C16H14Br2N2O3/c1-10-6-13(3-4-14(10)18)23-9-16(22)20-19-8-11-7-12(17)2-5-15(11)21/h2-8,21H,9H2,1H3,(H,20,22)/b19-8+. The van der Waals surface area contributed by atoms with E-state index in [0.717, 1.165) is 14.5 Å². The Kier molecular flexibility index (Phi) is 6.18. The smallest absolute Gasteiger partial charge is 0.277 e. The van der Waals surface area contributed by atoms with Crippen LogP contribution in [0.15, 0.2) is 50.4 Å². The van der Waals surface area contributed by atoms with E-state index in [4.69, 9.17) is 4.74 Å². The van der Waals surface area contributed by atoms with Crippen molar-refractivity contribution in [3.63, 3.8) is 0 Å². The van der Waals surface area contributed by atoms with Crippen LogP contribution in [-0.2, 0) is 4.79 Å². The summed E-state index contributed by atoms with van der Waals surface area (Å²) in [4.78, 5) is 11.7. The lowest BCUT2D eigenvalue weighted by Gasteiger charge is -2.06. The maximum absolute atomic E-state index is 11.7. The number of halogens is 2. The van der Waals surface area contributed by atoms with E-state index < -0.39 is 5.91 Å². The first-order valence-corrected chi connectivity index (χ1v) is 8.23. The van der Waals surface area contributed by atoms with Crippen LogP contribution in [0.1, 0.15) is 11.1 Å². The van der Waals surface area contributed by atoms with Gasteiger partial charge in [-0.3, -0.25) is 4.79 Å². The Balaban J connectivity index is 1.86. The van der Waals surface area contributed by atoms with Crippen molar-refractivity contribution in [2.75, 3.05) is 6.61 Å². The number of amides is 1. The maximum atomic E-state index is 11.7. The van der Waals surface area contributed by atoms with Crippen LogP contribution in [0.2, 0.25) is 0 Å². The van der Waals surface area contributed by atoms with E-state index in [-0.39, 0.29) is 12.4 Å². The Morgan fingerprint density at radius 2 is 2.09 bits per heavy atom. The van der Waals surface area contributed by atoms with E-state index in [1.54, 1.807) is 18.2 Å². The van der Waals surface area contributed by atoms with Crippen molar-refractivity contribution in [2.24, 2.45) is 5.10 Å². The minimum Gasteiger partial charge on any atom is -0.507 e. The highest BCUT2D eigenvalue weighted by molar-refractivity contribution is 9.10. The molecule has 2 aromatic rings. The SMILES string of the molecule is Cc1cc(OCC(=O)N/N=C/c2cc(Br)ccc2O)ccc1Br. The second kappa shape index (κ2) is 8.12. The molecule has 0 aromatic heterocycles. The highest BCUT2D eigenvalue weighted by Gasteiger charge is 2.03. The Morgan fingerprint density at radius 3 is 2.83 bits per heavy atom. The number of hydrazone groups is 1. The van der Waals surface area contributed by atoms with Crippen LogP contribution in [0.5, 0.6) is 11.5 Å². The summed E-state index contributed by atoms with van der Waals surface area (Å²) in [6.45, 7) is 1.79. The van der Waals surface area contributed by atoms with Crippen LogP contribution in [0.25, 0.3) is 0 Å². The molecule has 0 fully saturated rings. The molecule has 2 N–H and O–H groups in total. The number of aromatic hydroxyl groups is 1. The number of hydrogen-bond acceptors (Lipinski definition) is 4. The quantitative estimate of drug-likeness (QED) is 0.548. The predicted octanol–water partition coefficient (Wildman–Crippen LogP) is 3.75. The normalized spacial score (nSPS) is 10.7. The van der Waals surface area contributed by atoms with Crippen LogP contribution < -0.4 is 10.2 Å². The average Bonchev–Trinajstić information content (AvgIpc) is 2.52. The summed E-state index contributed by atoms with van der Waals surface area (Å²) in [7, 11) is 0. The fraction of sp³-hybridized carbons (Fsp3) is 0.125. The zero-order chi connectivity index (χ0) is 16.8. The molecule has 2 rings (SSSR count). The van der Waals surface area contributed by atoms with Gasteiger partial charge in [0.1, 0.15) is 11.5 Å². The highest BCUT2D eigenvalue weighted by Crippen LogP contribution is 2.21. The summed E-state index contributed by atoms with van der Waals surface area (Å²) in [5, 5.41) is 13.4. The van der Waals surface area contributed by atoms with Gasteiger partial charge in [0.2, 0.25) is 0 Å². The average molecular weight is 442 g/mol. The van der Waals surface area contributed by atoms with Gasteiger partial charge in [0.05, 0.1) is 6.21 Å². The Morgan fingerprint density at radius 1 is 1.30 bits per heavy atom. The van der Waals surface area contributed by atoms with Crippen molar-refractivity contribution < 1.29 is 14.6 Å². The number of rotatable bonds is 5. The van der Waals surface area contributed by atoms with E-state index in [2.05, 4.69) is 42.4 Å². The lowest BCUT2D eigenvalue weighted by molar-refractivity contribution is -0.123. The largest absolute Gasteiger partial charge is 0.507 e. The van der Waals surface area contributed by atoms with Gasteiger partial charge < -0.3 is 9.84 Å². The number of carbonyl (C=O) groups is 1. The molecule has 0 unspecified atom stereocenters. The van der Waals surface area contributed by atoms with Gasteiger partial charge >= 0.3 is 0 Å². The van der Waals surface area contributed by atoms with Crippen molar-refractivity contribution in [3.05, 3.63) is 56.5 Å². The van der Waals surface area contributed by atoms with Gasteiger partial charge in [-0.05, 0) is 48.9 Å². The minimum absolute atomic E-state index is 0.0767. The number of benzene rings is 2. The third-order valence-electron chi connectivity index (χ3n) is 2.88. The summed E-state index contributed by atoms with van der Waals surface area (Å²) in [6, 6.07) is 10.4. The molecule has 0 saturated carbocycles. The first-order valence-electron chi connectivity index (χ1n) is 6.65. The highest BCUT2D eigenvalue weighted by atomic mass is 79.9. The summed E-state index contributed by atoms with van der Waals surface area (Å²) in [6.07, 6.45) is 1.36.